The average molecular weight is 331 g/mol. The third-order valence-electron chi connectivity index (χ3n) is 3.46. The van der Waals surface area contributed by atoms with Gasteiger partial charge in [0.15, 0.2) is 0 Å². The lowest BCUT2D eigenvalue weighted by Crippen LogP contribution is -2.33. The monoisotopic (exact) mass is 330 g/mol. The molecule has 0 saturated heterocycles. The number of carbonyl (C=O) groups excluding carboxylic acids is 1. The molecular formula is C16H15BrN2O. The van der Waals surface area contributed by atoms with Crippen molar-refractivity contribution in [3.63, 3.8) is 0 Å². The maximum atomic E-state index is 12.3. The summed E-state index contributed by atoms with van der Waals surface area (Å²) < 4.78 is 1.000. The zero-order chi connectivity index (χ0) is 13.9. The fraction of sp³-hybridized carbons (Fsp3) is 0.188. The Morgan fingerprint density at radius 1 is 1.15 bits per heavy atom. The standard InChI is InChI=1S/C16H15BrN2O/c17-12-5-3-6-13(10-12)18-15-9-8-11-4-1-2-7-14(11)19-16(15)20/h1-7,10,15,18H,8-9H2,(H,19,20). The topological polar surface area (TPSA) is 41.1 Å². The van der Waals surface area contributed by atoms with E-state index in [2.05, 4.69) is 32.6 Å². The highest BCUT2D eigenvalue weighted by Crippen LogP contribution is 2.24. The van der Waals surface area contributed by atoms with E-state index in [4.69, 9.17) is 0 Å². The molecule has 1 amide bonds. The summed E-state index contributed by atoms with van der Waals surface area (Å²) in [5.41, 5.74) is 3.07. The summed E-state index contributed by atoms with van der Waals surface area (Å²) in [6.07, 6.45) is 1.68. The van der Waals surface area contributed by atoms with Crippen molar-refractivity contribution in [1.29, 1.82) is 0 Å². The molecule has 1 unspecified atom stereocenters. The highest BCUT2D eigenvalue weighted by atomic mass is 79.9. The Kier molecular flexibility index (Phi) is 3.74. The quantitative estimate of drug-likeness (QED) is 0.878. The first-order chi connectivity index (χ1) is 9.72. The molecule has 0 spiro atoms. The molecule has 1 aliphatic heterocycles. The Labute approximate surface area is 126 Å². The minimum absolute atomic E-state index is 0.0231. The first-order valence-electron chi connectivity index (χ1n) is 6.63. The maximum absolute atomic E-state index is 12.3. The number of benzene rings is 2. The van der Waals surface area contributed by atoms with Crippen LogP contribution in [0.3, 0.4) is 0 Å². The first kappa shape index (κ1) is 13.2. The van der Waals surface area contributed by atoms with Gasteiger partial charge in [0.2, 0.25) is 5.91 Å². The van der Waals surface area contributed by atoms with Crippen LogP contribution >= 0.6 is 15.9 Å². The van der Waals surface area contributed by atoms with E-state index < -0.39 is 0 Å². The van der Waals surface area contributed by atoms with Crippen LogP contribution in [0.4, 0.5) is 11.4 Å². The van der Waals surface area contributed by atoms with E-state index in [1.807, 2.05) is 42.5 Å². The molecule has 3 nitrogen and oxygen atoms in total. The number of rotatable bonds is 2. The molecule has 2 aromatic rings. The predicted molar refractivity (Wildman–Crippen MR) is 84.9 cm³/mol. The number of anilines is 2. The van der Waals surface area contributed by atoms with Gasteiger partial charge in [0.1, 0.15) is 6.04 Å². The van der Waals surface area contributed by atoms with Crippen LogP contribution in [0.5, 0.6) is 0 Å². The zero-order valence-electron chi connectivity index (χ0n) is 10.9. The van der Waals surface area contributed by atoms with Crippen LogP contribution in [-0.2, 0) is 11.2 Å². The van der Waals surface area contributed by atoms with E-state index in [0.717, 1.165) is 28.7 Å². The molecule has 0 aromatic heterocycles. The minimum Gasteiger partial charge on any atom is -0.374 e. The van der Waals surface area contributed by atoms with Crippen molar-refractivity contribution in [3.8, 4) is 0 Å². The smallest absolute Gasteiger partial charge is 0.246 e. The summed E-state index contributed by atoms with van der Waals surface area (Å²) in [5, 5.41) is 6.30. The lowest BCUT2D eigenvalue weighted by molar-refractivity contribution is -0.116. The Morgan fingerprint density at radius 2 is 2.00 bits per heavy atom. The molecule has 1 aliphatic rings. The van der Waals surface area contributed by atoms with E-state index in [1.165, 1.54) is 5.56 Å². The molecule has 4 heteroatoms. The molecule has 102 valence electrons. The molecule has 3 rings (SSSR count). The number of amides is 1. The molecule has 1 atom stereocenters. The number of nitrogens with one attached hydrogen (secondary N) is 2. The van der Waals surface area contributed by atoms with Crippen LogP contribution < -0.4 is 10.6 Å². The third-order valence-corrected chi connectivity index (χ3v) is 3.95. The second kappa shape index (κ2) is 5.67. The predicted octanol–water partition coefficient (Wildman–Crippen LogP) is 3.81. The van der Waals surface area contributed by atoms with Crippen LogP contribution in [0.25, 0.3) is 0 Å². The van der Waals surface area contributed by atoms with Gasteiger partial charge in [-0.2, -0.15) is 0 Å². The van der Waals surface area contributed by atoms with Crippen molar-refractivity contribution < 1.29 is 4.79 Å². The van der Waals surface area contributed by atoms with Gasteiger partial charge in [-0.25, -0.2) is 0 Å². The van der Waals surface area contributed by atoms with Gasteiger partial charge in [-0.1, -0.05) is 40.2 Å². The molecule has 0 fully saturated rings. The number of halogens is 1. The Hall–Kier alpha value is -1.81. The molecule has 2 N–H and O–H groups in total. The molecule has 0 aliphatic carbocycles. The van der Waals surface area contributed by atoms with Gasteiger partial charge in [0.25, 0.3) is 0 Å². The second-order valence-corrected chi connectivity index (χ2v) is 5.81. The Morgan fingerprint density at radius 3 is 2.85 bits per heavy atom. The van der Waals surface area contributed by atoms with E-state index >= 15 is 0 Å². The fourth-order valence-corrected chi connectivity index (χ4v) is 2.83. The van der Waals surface area contributed by atoms with Crippen LogP contribution in [0.15, 0.2) is 53.0 Å². The number of para-hydroxylation sites is 1. The molecule has 0 saturated carbocycles. The van der Waals surface area contributed by atoms with Gasteiger partial charge in [0, 0.05) is 15.8 Å². The minimum atomic E-state index is -0.211. The molecule has 2 aromatic carbocycles. The Bertz CT molecular complexity index is 642. The molecule has 0 radical (unpaired) electrons. The zero-order valence-corrected chi connectivity index (χ0v) is 12.5. The van der Waals surface area contributed by atoms with Crippen LogP contribution in [0.1, 0.15) is 12.0 Å². The van der Waals surface area contributed by atoms with E-state index in [-0.39, 0.29) is 11.9 Å². The first-order valence-corrected chi connectivity index (χ1v) is 7.42. The second-order valence-electron chi connectivity index (χ2n) is 4.89. The van der Waals surface area contributed by atoms with Gasteiger partial charge >= 0.3 is 0 Å². The average Bonchev–Trinajstić information content (AvgIpc) is 2.59. The van der Waals surface area contributed by atoms with E-state index in [9.17, 15) is 4.79 Å². The van der Waals surface area contributed by atoms with Crippen LogP contribution in [-0.4, -0.2) is 11.9 Å². The van der Waals surface area contributed by atoms with Crippen LogP contribution in [0.2, 0.25) is 0 Å². The van der Waals surface area contributed by atoms with Gasteiger partial charge in [-0.3, -0.25) is 4.79 Å². The lowest BCUT2D eigenvalue weighted by atomic mass is 10.1. The highest BCUT2D eigenvalue weighted by molar-refractivity contribution is 9.10. The molecule has 0 bridgehead atoms. The summed E-state index contributed by atoms with van der Waals surface area (Å²) in [5.74, 6) is 0.0231. The summed E-state index contributed by atoms with van der Waals surface area (Å²) in [6.45, 7) is 0. The van der Waals surface area contributed by atoms with Crippen molar-refractivity contribution in [2.75, 3.05) is 10.6 Å². The van der Waals surface area contributed by atoms with Gasteiger partial charge in [0.05, 0.1) is 0 Å². The van der Waals surface area contributed by atoms with Crippen LogP contribution in [0, 0.1) is 0 Å². The van der Waals surface area contributed by atoms with E-state index in [1.54, 1.807) is 0 Å². The SMILES string of the molecule is O=C1Nc2ccccc2CCC1Nc1cccc(Br)c1. The van der Waals surface area contributed by atoms with Gasteiger partial charge in [-0.05, 0) is 42.7 Å². The lowest BCUT2D eigenvalue weighted by Gasteiger charge is -2.16. The van der Waals surface area contributed by atoms with Crippen molar-refractivity contribution in [1.82, 2.24) is 0 Å². The summed E-state index contributed by atoms with van der Waals surface area (Å²) in [4.78, 5) is 12.3. The highest BCUT2D eigenvalue weighted by Gasteiger charge is 2.23. The van der Waals surface area contributed by atoms with Crippen molar-refractivity contribution >= 4 is 33.2 Å². The van der Waals surface area contributed by atoms with Gasteiger partial charge in [-0.15, -0.1) is 0 Å². The van der Waals surface area contributed by atoms with E-state index in [0.29, 0.717) is 0 Å². The fourth-order valence-electron chi connectivity index (χ4n) is 2.43. The number of hydrogen-bond donors (Lipinski definition) is 2. The number of hydrogen-bond acceptors (Lipinski definition) is 2. The molecular weight excluding hydrogens is 316 g/mol. The summed E-state index contributed by atoms with van der Waals surface area (Å²) >= 11 is 3.44. The van der Waals surface area contributed by atoms with Crippen molar-refractivity contribution in [2.45, 2.75) is 18.9 Å². The Balaban J connectivity index is 1.78. The maximum Gasteiger partial charge on any atom is 0.246 e. The number of aryl methyl sites for hydroxylation is 1. The summed E-state index contributed by atoms with van der Waals surface area (Å²) in [7, 11) is 0. The van der Waals surface area contributed by atoms with Crippen molar-refractivity contribution in [3.05, 3.63) is 58.6 Å². The van der Waals surface area contributed by atoms with Gasteiger partial charge < -0.3 is 10.6 Å². The number of carbonyl (C=O) groups is 1. The normalized spacial score (nSPS) is 17.9. The van der Waals surface area contributed by atoms with Crippen molar-refractivity contribution in [2.24, 2.45) is 0 Å². The third kappa shape index (κ3) is 2.85. The summed E-state index contributed by atoms with van der Waals surface area (Å²) in [6, 6.07) is 15.6. The molecule has 1 heterocycles. The largest absolute Gasteiger partial charge is 0.374 e. The number of fused-ring (bicyclic) bond motifs is 1. The molecule has 20 heavy (non-hydrogen) atoms.